The maximum Gasteiger partial charge on any atom is 0.422 e. The molecule has 216 valence electrons. The summed E-state index contributed by atoms with van der Waals surface area (Å²) in [5.74, 6) is 0.638. The molecular weight excluding hydrogens is 518 g/mol. The van der Waals surface area contributed by atoms with E-state index in [4.69, 9.17) is 5.73 Å². The minimum Gasteiger partial charge on any atom is -0.484 e. The number of allylic oxidation sites excluding steroid dienone is 3. The molecule has 0 aliphatic heterocycles. The van der Waals surface area contributed by atoms with Gasteiger partial charge in [0, 0.05) is 0 Å². The lowest BCUT2D eigenvalue weighted by Gasteiger charge is -2.18. The fourth-order valence-electron chi connectivity index (χ4n) is 2.77. The molecule has 0 amide bonds. The number of hydrogen-bond donors (Lipinski definition) is 2. The molecule has 1 fully saturated rings. The van der Waals surface area contributed by atoms with Crippen molar-refractivity contribution >= 4 is 11.9 Å². The van der Waals surface area contributed by atoms with Crippen molar-refractivity contribution in [2.45, 2.75) is 76.5 Å². The van der Waals surface area contributed by atoms with E-state index < -0.39 is 25.6 Å². The molecule has 0 atom stereocenters. The molecule has 0 radical (unpaired) electrons. The van der Waals surface area contributed by atoms with Gasteiger partial charge < -0.3 is 15.2 Å². The average molecular weight is 561 g/mol. The van der Waals surface area contributed by atoms with Crippen LogP contribution in [0.25, 0.3) is 0 Å². The van der Waals surface area contributed by atoms with Crippen molar-refractivity contribution in [3.05, 3.63) is 43.0 Å². The van der Waals surface area contributed by atoms with Gasteiger partial charge in [0.05, 0.1) is 4.90 Å². The van der Waals surface area contributed by atoms with Gasteiger partial charge in [-0.2, -0.15) is 26.3 Å². The van der Waals surface area contributed by atoms with Crippen LogP contribution in [0, 0.1) is 5.92 Å². The monoisotopic (exact) mass is 560 g/mol. The summed E-state index contributed by atoms with van der Waals surface area (Å²) >= 11 is 0.896. The van der Waals surface area contributed by atoms with Gasteiger partial charge in [0.1, 0.15) is 11.5 Å². The van der Waals surface area contributed by atoms with Crippen molar-refractivity contribution in [2.24, 2.45) is 11.7 Å². The van der Waals surface area contributed by atoms with Gasteiger partial charge in [-0.1, -0.05) is 64.3 Å². The smallest absolute Gasteiger partial charge is 0.422 e. The Bertz CT molecular complexity index is 722. The van der Waals surface area contributed by atoms with E-state index in [0.717, 1.165) is 36.5 Å². The number of halogens is 6. The van der Waals surface area contributed by atoms with Gasteiger partial charge in [0.25, 0.3) is 0 Å². The summed E-state index contributed by atoms with van der Waals surface area (Å²) in [5, 5.41) is 0. The zero-order chi connectivity index (χ0) is 28.7. The predicted octanol–water partition coefficient (Wildman–Crippen LogP) is 8.49. The third-order valence-corrected chi connectivity index (χ3v) is 5.05. The third kappa shape index (κ3) is 24.3. The maximum absolute atomic E-state index is 12.1. The van der Waals surface area contributed by atoms with Crippen LogP contribution in [-0.4, -0.2) is 39.2 Å². The van der Waals surface area contributed by atoms with Crippen LogP contribution in [-0.2, 0) is 0 Å². The summed E-state index contributed by atoms with van der Waals surface area (Å²) in [5.41, 5.74) is 5.50. The molecule has 0 aromatic heterocycles. The highest BCUT2D eigenvalue weighted by atomic mass is 32.2. The number of hydrogen-bond acceptors (Lipinski definition) is 5. The van der Waals surface area contributed by atoms with Crippen LogP contribution in [0.2, 0.25) is 0 Å². The van der Waals surface area contributed by atoms with Crippen LogP contribution in [0.15, 0.2) is 47.9 Å². The summed E-state index contributed by atoms with van der Waals surface area (Å²) in [7, 11) is 1.50. The topological polar surface area (TPSA) is 56.5 Å². The molecule has 1 saturated carbocycles. The Morgan fingerprint density at radius 3 is 1.95 bits per heavy atom. The highest BCUT2D eigenvalue weighted by molar-refractivity contribution is 7.97. The normalized spacial score (nSPS) is 13.8. The van der Waals surface area contributed by atoms with Crippen molar-refractivity contribution in [2.75, 3.05) is 26.8 Å². The molecule has 37 heavy (non-hydrogen) atoms. The number of alkyl halides is 6. The summed E-state index contributed by atoms with van der Waals surface area (Å²) in [4.78, 5) is 0.182. The lowest BCUT2D eigenvalue weighted by molar-refractivity contribution is -0.154. The van der Waals surface area contributed by atoms with Gasteiger partial charge in [0.2, 0.25) is 0 Å². The highest BCUT2D eigenvalue weighted by Crippen LogP contribution is 2.33. The zero-order valence-corrected chi connectivity index (χ0v) is 23.0. The number of rotatable bonds is 8. The Kier molecular flexibility index (Phi) is 22.3. The number of nitrogens with one attached hydrogen (secondary N) is 1. The predicted molar refractivity (Wildman–Crippen MR) is 141 cm³/mol. The van der Waals surface area contributed by atoms with Gasteiger partial charge in [-0.05, 0) is 69.4 Å². The van der Waals surface area contributed by atoms with Crippen molar-refractivity contribution in [3.63, 3.8) is 0 Å². The van der Waals surface area contributed by atoms with Gasteiger partial charge in [0.15, 0.2) is 13.2 Å². The first-order valence-corrected chi connectivity index (χ1v) is 13.0. The summed E-state index contributed by atoms with van der Waals surface area (Å²) in [6, 6.07) is 3.40. The minimum atomic E-state index is -4.51. The molecule has 0 spiro atoms. The average Bonchev–Trinajstić information content (AvgIpc) is 2.84. The van der Waals surface area contributed by atoms with Crippen LogP contribution >= 0.6 is 11.9 Å². The van der Waals surface area contributed by atoms with E-state index in [1.807, 2.05) is 19.1 Å². The van der Waals surface area contributed by atoms with E-state index in [-0.39, 0.29) is 16.4 Å². The van der Waals surface area contributed by atoms with E-state index in [1.54, 1.807) is 6.08 Å². The molecule has 0 heterocycles. The quantitative estimate of drug-likeness (QED) is 0.190. The first-order chi connectivity index (χ1) is 17.4. The van der Waals surface area contributed by atoms with Gasteiger partial charge in [-0.3, -0.25) is 4.72 Å². The van der Waals surface area contributed by atoms with E-state index in [9.17, 15) is 26.3 Å². The lowest BCUT2D eigenvalue weighted by atomic mass is 9.90. The molecule has 1 aliphatic rings. The van der Waals surface area contributed by atoms with Crippen LogP contribution in [0.5, 0.6) is 11.5 Å². The van der Waals surface area contributed by atoms with Crippen molar-refractivity contribution in [1.82, 2.24) is 4.72 Å². The second kappa shape index (κ2) is 22.2. The SMILES string of the molecule is C=C/C=C\C.CCC.CNSc1cc(OCC(F)(F)F)ccc1OCC(F)(F)F.NCC1CCCCC1. The standard InChI is InChI=1S/C11H11F6NO2S.C7H15N.C5H8.C3H8/c1-18-21-9-4-7(19-5-10(12,13)14)2-3-8(9)20-6-11(15,16)17;8-6-7-4-2-1-3-5-7;1-3-5-4-2;1-3-2/h2-4,18H,5-6H2,1H3;7H,1-6,8H2;3-5H,1H2,2H3;3H2,1-2H3/b;;5-4-;. The van der Waals surface area contributed by atoms with Crippen molar-refractivity contribution in [3.8, 4) is 11.5 Å². The molecule has 2 rings (SSSR count). The van der Waals surface area contributed by atoms with Crippen LogP contribution < -0.4 is 19.9 Å². The molecule has 1 aromatic rings. The first kappa shape index (κ1) is 37.3. The summed E-state index contributed by atoms with van der Waals surface area (Å²) in [6.45, 7) is 7.61. The molecule has 1 aliphatic carbocycles. The lowest BCUT2D eigenvalue weighted by Crippen LogP contribution is -2.20. The van der Waals surface area contributed by atoms with E-state index in [1.165, 1.54) is 51.6 Å². The van der Waals surface area contributed by atoms with E-state index >= 15 is 0 Å². The largest absolute Gasteiger partial charge is 0.484 e. The fraction of sp³-hybridized carbons (Fsp3) is 0.615. The van der Waals surface area contributed by atoms with Gasteiger partial charge in [-0.25, -0.2) is 0 Å². The Labute approximate surface area is 222 Å². The molecule has 4 nitrogen and oxygen atoms in total. The van der Waals surface area contributed by atoms with Crippen LogP contribution in [0.4, 0.5) is 26.3 Å². The van der Waals surface area contributed by atoms with Crippen LogP contribution in [0.1, 0.15) is 59.3 Å². The maximum atomic E-state index is 12.1. The van der Waals surface area contributed by atoms with E-state index in [0.29, 0.717) is 0 Å². The van der Waals surface area contributed by atoms with Crippen molar-refractivity contribution in [1.29, 1.82) is 0 Å². The Balaban J connectivity index is 0. The molecule has 3 N–H and O–H groups in total. The Morgan fingerprint density at radius 1 is 1.03 bits per heavy atom. The molecule has 11 heteroatoms. The Morgan fingerprint density at radius 2 is 1.57 bits per heavy atom. The molecular formula is C26H42F6N2O2S. The fourth-order valence-corrected chi connectivity index (χ4v) is 3.39. The second-order valence-electron chi connectivity index (χ2n) is 7.93. The number of nitrogens with two attached hydrogens (primary N) is 1. The minimum absolute atomic E-state index is 0.106. The zero-order valence-electron chi connectivity index (χ0n) is 22.2. The molecule has 1 aromatic carbocycles. The molecule has 0 unspecified atom stereocenters. The van der Waals surface area contributed by atoms with Gasteiger partial charge in [-0.15, -0.1) is 0 Å². The highest BCUT2D eigenvalue weighted by Gasteiger charge is 2.30. The summed E-state index contributed by atoms with van der Waals surface area (Å²) < 4.78 is 84.1. The number of ether oxygens (including phenoxy) is 2. The van der Waals surface area contributed by atoms with E-state index in [2.05, 4.69) is 34.6 Å². The van der Waals surface area contributed by atoms with Crippen LogP contribution in [0.3, 0.4) is 0 Å². The summed E-state index contributed by atoms with van der Waals surface area (Å²) in [6.07, 6.45) is 4.87. The number of benzene rings is 1. The Hall–Kier alpha value is -1.85. The first-order valence-electron chi connectivity index (χ1n) is 12.2. The van der Waals surface area contributed by atoms with Crippen molar-refractivity contribution < 1.29 is 35.8 Å². The van der Waals surface area contributed by atoms with Gasteiger partial charge >= 0.3 is 12.4 Å². The molecule has 0 saturated heterocycles. The second-order valence-corrected chi connectivity index (χ2v) is 8.98. The molecule has 0 bridgehead atoms. The third-order valence-electron chi connectivity index (χ3n) is 4.31.